The molecule has 0 unspecified atom stereocenters. The van der Waals surface area contributed by atoms with Gasteiger partial charge in [-0.15, -0.1) is 0 Å². The number of benzene rings is 1. The summed E-state index contributed by atoms with van der Waals surface area (Å²) in [5, 5.41) is 0.551. The van der Waals surface area contributed by atoms with E-state index in [4.69, 9.17) is 17.3 Å². The average molecular weight is 294 g/mol. The Morgan fingerprint density at radius 3 is 2.60 bits per heavy atom. The van der Waals surface area contributed by atoms with Crippen molar-refractivity contribution in [2.45, 2.75) is 12.8 Å². The zero-order valence-corrected chi connectivity index (χ0v) is 12.3. The Morgan fingerprint density at radius 2 is 1.95 bits per heavy atom. The lowest BCUT2D eigenvalue weighted by molar-refractivity contribution is 0.0633. The minimum Gasteiger partial charge on any atom is -0.398 e. The van der Waals surface area contributed by atoms with E-state index in [1.54, 1.807) is 18.2 Å². The molecule has 20 heavy (non-hydrogen) atoms. The van der Waals surface area contributed by atoms with Gasteiger partial charge in [0.2, 0.25) is 0 Å². The summed E-state index contributed by atoms with van der Waals surface area (Å²) in [5.41, 5.74) is 6.90. The maximum absolute atomic E-state index is 12.5. The Balaban J connectivity index is 1.61. The topological polar surface area (TPSA) is 49.6 Å². The first-order valence-electron chi connectivity index (χ1n) is 7.20. The predicted octanol–water partition coefficient (Wildman–Crippen LogP) is 2.09. The van der Waals surface area contributed by atoms with Crippen molar-refractivity contribution >= 4 is 23.2 Å². The molecular weight excluding hydrogens is 274 g/mol. The summed E-state index contributed by atoms with van der Waals surface area (Å²) in [5.74, 6) is 0.900. The molecule has 4 nitrogen and oxygen atoms in total. The molecule has 0 bridgehead atoms. The fraction of sp³-hybridized carbons (Fsp3) is 0.533. The minimum absolute atomic E-state index is 0.00364. The molecule has 0 radical (unpaired) electrons. The quantitative estimate of drug-likeness (QED) is 0.868. The van der Waals surface area contributed by atoms with Crippen molar-refractivity contribution in [2.75, 3.05) is 38.5 Å². The fourth-order valence-electron chi connectivity index (χ4n) is 2.68. The summed E-state index contributed by atoms with van der Waals surface area (Å²) in [4.78, 5) is 16.8. The van der Waals surface area contributed by atoms with Crippen LogP contribution in [0.15, 0.2) is 18.2 Å². The number of hydrogen-bond donors (Lipinski definition) is 1. The largest absolute Gasteiger partial charge is 0.398 e. The molecule has 1 saturated heterocycles. The minimum atomic E-state index is -0.00364. The molecular formula is C15H20ClN3O. The van der Waals surface area contributed by atoms with Crippen LogP contribution < -0.4 is 5.73 Å². The highest BCUT2D eigenvalue weighted by Gasteiger charge is 2.28. The summed E-state index contributed by atoms with van der Waals surface area (Å²) < 4.78 is 0. The molecule has 1 aliphatic carbocycles. The van der Waals surface area contributed by atoms with Crippen LogP contribution in [0, 0.1) is 5.92 Å². The number of amides is 1. The first-order valence-corrected chi connectivity index (χ1v) is 7.58. The van der Waals surface area contributed by atoms with Gasteiger partial charge in [-0.25, -0.2) is 0 Å². The van der Waals surface area contributed by atoms with Gasteiger partial charge in [-0.2, -0.15) is 0 Å². The fourth-order valence-corrected chi connectivity index (χ4v) is 2.86. The molecule has 1 aromatic rings. The standard InChI is InChI=1S/C15H20ClN3O/c16-12-3-4-14(17)13(9-12)15(20)19-7-5-18(6-8-19)10-11-1-2-11/h3-4,9,11H,1-2,5-8,10,17H2. The van der Waals surface area contributed by atoms with Gasteiger partial charge < -0.3 is 10.6 Å². The lowest BCUT2D eigenvalue weighted by atomic mass is 10.1. The number of rotatable bonds is 3. The van der Waals surface area contributed by atoms with E-state index in [9.17, 15) is 4.79 Å². The number of nitrogen functional groups attached to an aromatic ring is 1. The zero-order valence-electron chi connectivity index (χ0n) is 11.5. The van der Waals surface area contributed by atoms with Gasteiger partial charge in [-0.05, 0) is 37.0 Å². The van der Waals surface area contributed by atoms with Crippen LogP contribution in [-0.4, -0.2) is 48.4 Å². The molecule has 0 spiro atoms. The SMILES string of the molecule is Nc1ccc(Cl)cc1C(=O)N1CCN(CC2CC2)CC1. The highest BCUT2D eigenvalue weighted by atomic mass is 35.5. The van der Waals surface area contributed by atoms with Crippen LogP contribution in [0.1, 0.15) is 23.2 Å². The lowest BCUT2D eigenvalue weighted by Crippen LogP contribution is -2.49. The number of hydrogen-bond acceptors (Lipinski definition) is 3. The van der Waals surface area contributed by atoms with E-state index in [2.05, 4.69) is 4.90 Å². The van der Waals surface area contributed by atoms with Crippen LogP contribution in [0.2, 0.25) is 5.02 Å². The van der Waals surface area contributed by atoms with Crippen molar-refractivity contribution in [3.63, 3.8) is 0 Å². The normalized spacial score (nSPS) is 20.1. The van der Waals surface area contributed by atoms with E-state index < -0.39 is 0 Å². The Labute approximate surface area is 124 Å². The van der Waals surface area contributed by atoms with Crippen LogP contribution in [0.4, 0.5) is 5.69 Å². The third kappa shape index (κ3) is 3.07. The van der Waals surface area contributed by atoms with Crippen molar-refractivity contribution in [1.29, 1.82) is 0 Å². The van der Waals surface area contributed by atoms with Crippen LogP contribution in [0.25, 0.3) is 0 Å². The van der Waals surface area contributed by atoms with E-state index in [0.29, 0.717) is 16.3 Å². The summed E-state index contributed by atoms with van der Waals surface area (Å²) in [7, 11) is 0. The average Bonchev–Trinajstić information content (AvgIpc) is 3.26. The maximum atomic E-state index is 12.5. The number of nitrogens with two attached hydrogens (primary N) is 1. The summed E-state index contributed by atoms with van der Waals surface area (Å²) in [6.45, 7) is 4.67. The molecule has 0 aromatic heterocycles. The number of anilines is 1. The number of carbonyl (C=O) groups excluding carboxylic acids is 1. The molecule has 1 aliphatic heterocycles. The molecule has 1 saturated carbocycles. The van der Waals surface area contributed by atoms with Crippen molar-refractivity contribution in [3.8, 4) is 0 Å². The second-order valence-electron chi connectivity index (χ2n) is 5.77. The molecule has 5 heteroatoms. The summed E-state index contributed by atoms with van der Waals surface area (Å²) in [6, 6.07) is 5.07. The van der Waals surface area contributed by atoms with Crippen molar-refractivity contribution in [3.05, 3.63) is 28.8 Å². The van der Waals surface area contributed by atoms with Gasteiger partial charge >= 0.3 is 0 Å². The van der Waals surface area contributed by atoms with E-state index in [-0.39, 0.29) is 5.91 Å². The van der Waals surface area contributed by atoms with Gasteiger partial charge in [-0.3, -0.25) is 9.69 Å². The molecule has 2 N–H and O–H groups in total. The van der Waals surface area contributed by atoms with Crippen LogP contribution in [-0.2, 0) is 0 Å². The van der Waals surface area contributed by atoms with E-state index in [0.717, 1.165) is 32.1 Å². The summed E-state index contributed by atoms with van der Waals surface area (Å²) >= 11 is 5.95. The molecule has 0 atom stereocenters. The lowest BCUT2D eigenvalue weighted by Gasteiger charge is -2.35. The van der Waals surface area contributed by atoms with Crippen molar-refractivity contribution in [2.24, 2.45) is 5.92 Å². The second-order valence-corrected chi connectivity index (χ2v) is 6.20. The molecule has 2 aliphatic rings. The molecule has 2 fully saturated rings. The summed E-state index contributed by atoms with van der Waals surface area (Å²) in [6.07, 6.45) is 2.75. The van der Waals surface area contributed by atoms with Crippen LogP contribution in [0.3, 0.4) is 0 Å². The van der Waals surface area contributed by atoms with Gasteiger partial charge in [0, 0.05) is 43.4 Å². The van der Waals surface area contributed by atoms with Crippen molar-refractivity contribution in [1.82, 2.24) is 9.80 Å². The third-order valence-corrected chi connectivity index (χ3v) is 4.35. The number of nitrogens with zero attached hydrogens (tertiary/aromatic N) is 2. The Bertz CT molecular complexity index is 508. The van der Waals surface area contributed by atoms with E-state index in [1.165, 1.54) is 19.4 Å². The monoisotopic (exact) mass is 293 g/mol. The van der Waals surface area contributed by atoms with Crippen LogP contribution >= 0.6 is 11.6 Å². The maximum Gasteiger partial charge on any atom is 0.256 e. The smallest absolute Gasteiger partial charge is 0.256 e. The van der Waals surface area contributed by atoms with E-state index >= 15 is 0 Å². The molecule has 3 rings (SSSR count). The molecule has 1 amide bonds. The highest BCUT2D eigenvalue weighted by molar-refractivity contribution is 6.31. The second kappa shape index (κ2) is 5.62. The number of halogens is 1. The first-order chi connectivity index (χ1) is 9.63. The Hall–Kier alpha value is -1.26. The first kappa shape index (κ1) is 13.7. The van der Waals surface area contributed by atoms with Gasteiger partial charge in [0.1, 0.15) is 0 Å². The molecule has 1 heterocycles. The Kier molecular flexibility index (Phi) is 3.85. The molecule has 1 aromatic carbocycles. The van der Waals surface area contributed by atoms with Crippen molar-refractivity contribution < 1.29 is 4.79 Å². The Morgan fingerprint density at radius 1 is 1.25 bits per heavy atom. The zero-order chi connectivity index (χ0) is 14.1. The van der Waals surface area contributed by atoms with Gasteiger partial charge in [0.25, 0.3) is 5.91 Å². The highest BCUT2D eigenvalue weighted by Crippen LogP contribution is 2.30. The van der Waals surface area contributed by atoms with E-state index in [1.807, 2.05) is 4.90 Å². The third-order valence-electron chi connectivity index (χ3n) is 4.12. The van der Waals surface area contributed by atoms with Gasteiger partial charge in [0.15, 0.2) is 0 Å². The number of carbonyl (C=O) groups is 1. The predicted molar refractivity (Wildman–Crippen MR) is 80.9 cm³/mol. The molecule has 108 valence electrons. The van der Waals surface area contributed by atoms with Gasteiger partial charge in [0.05, 0.1) is 5.56 Å². The number of piperazine rings is 1. The van der Waals surface area contributed by atoms with Crippen LogP contribution in [0.5, 0.6) is 0 Å². The van der Waals surface area contributed by atoms with Gasteiger partial charge in [-0.1, -0.05) is 11.6 Å².